The fourth-order valence-electron chi connectivity index (χ4n) is 3.25. The second kappa shape index (κ2) is 3.34. The van der Waals surface area contributed by atoms with Gasteiger partial charge in [0.05, 0.1) is 6.54 Å². The van der Waals surface area contributed by atoms with Gasteiger partial charge in [-0.2, -0.15) is 0 Å². The lowest BCUT2D eigenvalue weighted by molar-refractivity contribution is -0.134. The molecule has 1 saturated carbocycles. The van der Waals surface area contributed by atoms with E-state index in [1.807, 2.05) is 0 Å². The van der Waals surface area contributed by atoms with E-state index in [0.717, 1.165) is 6.42 Å². The first-order valence-corrected chi connectivity index (χ1v) is 5.85. The number of hydrogen-bond donors (Lipinski definition) is 0. The zero-order valence-electron chi connectivity index (χ0n) is 9.26. The SMILES string of the molecule is CC1[C@H]2C=C[C@H](C2)[C@H]1C(=O)N1CCOC1=O. The molecule has 1 unspecified atom stereocenters. The maximum Gasteiger partial charge on any atom is 0.416 e. The number of cyclic esters (lactones) is 1. The van der Waals surface area contributed by atoms with E-state index in [2.05, 4.69) is 19.1 Å². The largest absolute Gasteiger partial charge is 0.447 e. The van der Waals surface area contributed by atoms with Crippen molar-refractivity contribution in [1.29, 1.82) is 0 Å². The van der Waals surface area contributed by atoms with Gasteiger partial charge in [0.2, 0.25) is 5.91 Å². The Balaban J connectivity index is 1.81. The number of amides is 2. The van der Waals surface area contributed by atoms with Gasteiger partial charge in [-0.15, -0.1) is 0 Å². The molecule has 2 aliphatic carbocycles. The molecule has 0 radical (unpaired) electrons. The lowest BCUT2D eigenvalue weighted by Gasteiger charge is -2.26. The first-order chi connectivity index (χ1) is 7.68. The molecular weight excluding hydrogens is 206 g/mol. The number of carbonyl (C=O) groups excluding carboxylic acids is 2. The van der Waals surface area contributed by atoms with E-state index in [9.17, 15) is 9.59 Å². The lowest BCUT2D eigenvalue weighted by atomic mass is 9.83. The number of hydrogen-bond acceptors (Lipinski definition) is 3. The standard InChI is InChI=1S/C12H15NO3/c1-7-8-2-3-9(6-8)10(7)11(14)13-4-5-16-12(13)15/h2-3,7-10H,4-6H2,1H3/t7?,8-,9+,10-/m0/s1. The van der Waals surface area contributed by atoms with Gasteiger partial charge in [0.1, 0.15) is 6.61 Å². The molecule has 86 valence electrons. The molecule has 0 N–H and O–H groups in total. The van der Waals surface area contributed by atoms with Crippen molar-refractivity contribution < 1.29 is 14.3 Å². The molecule has 0 aromatic rings. The fourth-order valence-corrected chi connectivity index (χ4v) is 3.25. The van der Waals surface area contributed by atoms with Crippen molar-refractivity contribution >= 4 is 12.0 Å². The van der Waals surface area contributed by atoms with Crippen LogP contribution in [0.1, 0.15) is 13.3 Å². The molecular formula is C12H15NO3. The lowest BCUT2D eigenvalue weighted by Crippen LogP contribution is -2.40. The molecule has 2 amide bonds. The van der Waals surface area contributed by atoms with E-state index < -0.39 is 6.09 Å². The Morgan fingerprint density at radius 2 is 2.19 bits per heavy atom. The topological polar surface area (TPSA) is 46.6 Å². The Hall–Kier alpha value is -1.32. The summed E-state index contributed by atoms with van der Waals surface area (Å²) in [4.78, 5) is 24.9. The van der Waals surface area contributed by atoms with Crippen molar-refractivity contribution in [2.45, 2.75) is 13.3 Å². The highest BCUT2D eigenvalue weighted by molar-refractivity contribution is 5.94. The molecule has 0 aromatic carbocycles. The molecule has 4 nitrogen and oxygen atoms in total. The molecule has 16 heavy (non-hydrogen) atoms. The minimum atomic E-state index is -0.469. The van der Waals surface area contributed by atoms with Crippen LogP contribution in [0.5, 0.6) is 0 Å². The van der Waals surface area contributed by atoms with Crippen LogP contribution in [0.25, 0.3) is 0 Å². The summed E-state index contributed by atoms with van der Waals surface area (Å²) in [5, 5.41) is 0. The molecule has 3 aliphatic rings. The van der Waals surface area contributed by atoms with Gasteiger partial charge in [-0.05, 0) is 24.2 Å². The van der Waals surface area contributed by atoms with E-state index in [4.69, 9.17) is 4.74 Å². The molecule has 2 bridgehead atoms. The normalized spacial score (nSPS) is 40.6. The molecule has 4 heteroatoms. The van der Waals surface area contributed by atoms with Gasteiger partial charge in [-0.25, -0.2) is 9.69 Å². The summed E-state index contributed by atoms with van der Waals surface area (Å²) in [5.41, 5.74) is 0. The summed E-state index contributed by atoms with van der Waals surface area (Å²) in [6.07, 6.45) is 4.94. The quantitative estimate of drug-likeness (QED) is 0.629. The zero-order valence-corrected chi connectivity index (χ0v) is 9.26. The van der Waals surface area contributed by atoms with Crippen LogP contribution in [0.4, 0.5) is 4.79 Å². The van der Waals surface area contributed by atoms with Crippen LogP contribution in [-0.4, -0.2) is 30.1 Å². The van der Waals surface area contributed by atoms with Crippen LogP contribution in [0.3, 0.4) is 0 Å². The van der Waals surface area contributed by atoms with E-state index >= 15 is 0 Å². The maximum atomic E-state index is 12.2. The van der Waals surface area contributed by atoms with Crippen molar-refractivity contribution in [3.63, 3.8) is 0 Å². The Morgan fingerprint density at radius 1 is 1.44 bits per heavy atom. The minimum absolute atomic E-state index is 0.0133. The van der Waals surface area contributed by atoms with Gasteiger partial charge in [-0.3, -0.25) is 4.79 Å². The van der Waals surface area contributed by atoms with Crippen molar-refractivity contribution in [3.05, 3.63) is 12.2 Å². The summed E-state index contributed by atoms with van der Waals surface area (Å²) in [6.45, 7) is 2.87. The number of ether oxygens (including phenoxy) is 1. The molecule has 0 aromatic heterocycles. The van der Waals surface area contributed by atoms with Crippen LogP contribution in [0, 0.1) is 23.7 Å². The predicted octanol–water partition coefficient (Wildman–Crippen LogP) is 1.42. The zero-order chi connectivity index (χ0) is 11.3. The third kappa shape index (κ3) is 1.22. The highest BCUT2D eigenvalue weighted by Gasteiger charge is 2.48. The number of allylic oxidation sites excluding steroid dienone is 2. The van der Waals surface area contributed by atoms with Crippen LogP contribution in [0.2, 0.25) is 0 Å². The molecule has 0 spiro atoms. The molecule has 4 atom stereocenters. The second-order valence-electron chi connectivity index (χ2n) is 4.94. The van der Waals surface area contributed by atoms with Gasteiger partial charge in [0.15, 0.2) is 0 Å². The average molecular weight is 221 g/mol. The van der Waals surface area contributed by atoms with Crippen molar-refractivity contribution in [3.8, 4) is 0 Å². The van der Waals surface area contributed by atoms with Crippen LogP contribution < -0.4 is 0 Å². The monoisotopic (exact) mass is 221 g/mol. The Kier molecular flexibility index (Phi) is 2.06. The third-order valence-corrected chi connectivity index (χ3v) is 4.16. The van der Waals surface area contributed by atoms with Gasteiger partial charge >= 0.3 is 6.09 Å². The Bertz CT molecular complexity index is 376. The highest BCUT2D eigenvalue weighted by atomic mass is 16.6. The van der Waals surface area contributed by atoms with Gasteiger partial charge < -0.3 is 4.74 Å². The molecule has 3 rings (SSSR count). The summed E-state index contributed by atoms with van der Waals surface area (Å²) < 4.78 is 4.81. The Morgan fingerprint density at radius 3 is 2.75 bits per heavy atom. The first kappa shape index (κ1) is 9.87. The summed E-state index contributed by atoms with van der Waals surface area (Å²) >= 11 is 0. The van der Waals surface area contributed by atoms with Crippen LogP contribution in [0.15, 0.2) is 12.2 Å². The second-order valence-corrected chi connectivity index (χ2v) is 4.94. The number of carbonyl (C=O) groups is 2. The van der Waals surface area contributed by atoms with Crippen LogP contribution >= 0.6 is 0 Å². The fraction of sp³-hybridized carbons (Fsp3) is 0.667. The smallest absolute Gasteiger partial charge is 0.416 e. The number of imide groups is 1. The van der Waals surface area contributed by atoms with Crippen molar-refractivity contribution in [1.82, 2.24) is 4.90 Å². The first-order valence-electron chi connectivity index (χ1n) is 5.85. The average Bonchev–Trinajstić information content (AvgIpc) is 2.92. The summed E-state index contributed by atoms with van der Waals surface area (Å²) in [6, 6.07) is 0. The third-order valence-electron chi connectivity index (χ3n) is 4.16. The number of fused-ring (bicyclic) bond motifs is 2. The van der Waals surface area contributed by atoms with Crippen molar-refractivity contribution in [2.75, 3.05) is 13.2 Å². The molecule has 1 heterocycles. The summed E-state index contributed by atoms with van der Waals surface area (Å²) in [5.74, 6) is 1.17. The van der Waals surface area contributed by atoms with E-state index in [1.54, 1.807) is 0 Å². The maximum absolute atomic E-state index is 12.2. The van der Waals surface area contributed by atoms with Crippen LogP contribution in [-0.2, 0) is 9.53 Å². The number of nitrogens with zero attached hydrogens (tertiary/aromatic N) is 1. The van der Waals surface area contributed by atoms with Gasteiger partial charge in [0, 0.05) is 5.92 Å². The number of rotatable bonds is 1. The van der Waals surface area contributed by atoms with Gasteiger partial charge in [0.25, 0.3) is 0 Å². The highest BCUT2D eigenvalue weighted by Crippen LogP contribution is 2.48. The van der Waals surface area contributed by atoms with Crippen molar-refractivity contribution in [2.24, 2.45) is 23.7 Å². The Labute approximate surface area is 94.2 Å². The summed E-state index contributed by atoms with van der Waals surface area (Å²) in [7, 11) is 0. The predicted molar refractivity (Wildman–Crippen MR) is 56.5 cm³/mol. The van der Waals surface area contributed by atoms with E-state index in [1.165, 1.54) is 4.90 Å². The molecule has 1 saturated heterocycles. The van der Waals surface area contributed by atoms with E-state index in [-0.39, 0.29) is 11.8 Å². The van der Waals surface area contributed by atoms with E-state index in [0.29, 0.717) is 30.9 Å². The molecule has 2 fully saturated rings. The minimum Gasteiger partial charge on any atom is -0.447 e. The van der Waals surface area contributed by atoms with Gasteiger partial charge in [-0.1, -0.05) is 19.1 Å². The molecule has 1 aliphatic heterocycles.